The first-order chi connectivity index (χ1) is 8.18. The third-order valence-electron chi connectivity index (χ3n) is 2.58. The number of hydrogen-bond acceptors (Lipinski definition) is 5. The van der Waals surface area contributed by atoms with E-state index in [2.05, 4.69) is 15.0 Å². The van der Waals surface area contributed by atoms with Gasteiger partial charge >= 0.3 is 5.97 Å². The van der Waals surface area contributed by atoms with Crippen LogP contribution in [0.15, 0.2) is 18.9 Å². The summed E-state index contributed by atoms with van der Waals surface area (Å²) >= 11 is 0. The van der Waals surface area contributed by atoms with E-state index in [9.17, 15) is 4.79 Å². The van der Waals surface area contributed by atoms with Gasteiger partial charge in [-0.25, -0.2) is 19.7 Å². The Bertz CT molecular complexity index is 607. The minimum atomic E-state index is -1.08. The highest BCUT2D eigenvalue weighted by Gasteiger charge is 2.30. The molecule has 7 heteroatoms. The Kier molecular flexibility index (Phi) is 1.88. The molecular weight excluding hydrogens is 224 g/mol. The smallest absolute Gasteiger partial charge is 0.356 e. The van der Waals surface area contributed by atoms with Crippen molar-refractivity contribution in [1.29, 1.82) is 0 Å². The average molecular weight is 232 g/mol. The van der Waals surface area contributed by atoms with Gasteiger partial charge in [0.1, 0.15) is 18.8 Å². The summed E-state index contributed by atoms with van der Waals surface area (Å²) in [5, 5.41) is 9.03. The number of aromatic carboxylic acids is 1. The first-order valence-corrected chi connectivity index (χ1v) is 4.96. The molecule has 1 unspecified atom stereocenters. The Morgan fingerprint density at radius 3 is 3.12 bits per heavy atom. The minimum Gasteiger partial charge on any atom is -0.479 e. The fourth-order valence-corrected chi connectivity index (χ4v) is 1.90. The third kappa shape index (κ3) is 1.28. The van der Waals surface area contributed by atoms with E-state index in [0.29, 0.717) is 17.3 Å². The summed E-state index contributed by atoms with van der Waals surface area (Å²) in [6.07, 6.45) is 3.95. The Morgan fingerprint density at radius 2 is 2.35 bits per heavy atom. The molecule has 1 aliphatic heterocycles. The van der Waals surface area contributed by atoms with E-state index in [-0.39, 0.29) is 5.69 Å². The summed E-state index contributed by atoms with van der Waals surface area (Å²) < 4.78 is 7.18. The van der Waals surface area contributed by atoms with E-state index in [0.717, 1.165) is 0 Å². The van der Waals surface area contributed by atoms with Gasteiger partial charge in [-0.15, -0.1) is 0 Å². The van der Waals surface area contributed by atoms with Crippen LogP contribution in [0.1, 0.15) is 29.2 Å². The summed E-state index contributed by atoms with van der Waals surface area (Å²) in [4.78, 5) is 22.8. The number of imidazole rings is 1. The quantitative estimate of drug-likeness (QED) is 0.782. The van der Waals surface area contributed by atoms with Gasteiger partial charge in [0.05, 0.1) is 11.9 Å². The molecular formula is C10H8N4O3. The average Bonchev–Trinajstić information content (AvgIpc) is 2.74. The molecule has 1 atom stereocenters. The highest BCUT2D eigenvalue weighted by atomic mass is 16.5. The molecule has 0 aliphatic carbocycles. The lowest BCUT2D eigenvalue weighted by Gasteiger charge is -2.23. The molecule has 86 valence electrons. The number of nitrogens with zero attached hydrogens (tertiary/aromatic N) is 4. The van der Waals surface area contributed by atoms with Gasteiger partial charge in [-0.3, -0.25) is 4.57 Å². The summed E-state index contributed by atoms with van der Waals surface area (Å²) in [6.45, 7) is 1.76. The van der Waals surface area contributed by atoms with Crippen LogP contribution in [0.2, 0.25) is 0 Å². The maximum atomic E-state index is 11.0. The SMILES string of the molecule is CC1Oc2cncnc2-n2cnc(C(=O)O)c21. The van der Waals surface area contributed by atoms with Crippen molar-refractivity contribution in [2.75, 3.05) is 0 Å². The van der Waals surface area contributed by atoms with Crippen molar-refractivity contribution in [3.05, 3.63) is 30.2 Å². The number of ether oxygens (including phenoxy) is 1. The molecule has 1 N–H and O–H groups in total. The zero-order valence-corrected chi connectivity index (χ0v) is 8.86. The van der Waals surface area contributed by atoms with Gasteiger partial charge < -0.3 is 9.84 Å². The van der Waals surface area contributed by atoms with Crippen LogP contribution in [0.3, 0.4) is 0 Å². The van der Waals surface area contributed by atoms with Gasteiger partial charge in [0.15, 0.2) is 17.3 Å². The summed E-state index contributed by atoms with van der Waals surface area (Å²) in [7, 11) is 0. The van der Waals surface area contributed by atoms with E-state index >= 15 is 0 Å². The molecule has 0 bridgehead atoms. The zero-order chi connectivity index (χ0) is 12.0. The van der Waals surface area contributed by atoms with Gasteiger partial charge in [-0.2, -0.15) is 0 Å². The molecule has 0 saturated heterocycles. The van der Waals surface area contributed by atoms with Gasteiger partial charge in [0.2, 0.25) is 0 Å². The van der Waals surface area contributed by atoms with E-state index in [1.54, 1.807) is 17.7 Å². The van der Waals surface area contributed by atoms with Gasteiger partial charge in [-0.05, 0) is 6.92 Å². The van der Waals surface area contributed by atoms with E-state index < -0.39 is 12.1 Å². The summed E-state index contributed by atoms with van der Waals surface area (Å²) in [5.41, 5.74) is 0.477. The van der Waals surface area contributed by atoms with Crippen LogP contribution in [0, 0.1) is 0 Å². The molecule has 7 nitrogen and oxygen atoms in total. The second kappa shape index (κ2) is 3.27. The number of fused-ring (bicyclic) bond motifs is 3. The van der Waals surface area contributed by atoms with Crippen molar-refractivity contribution >= 4 is 5.97 Å². The molecule has 0 amide bonds. The second-order valence-corrected chi connectivity index (χ2v) is 3.62. The molecule has 0 spiro atoms. The number of carbonyl (C=O) groups is 1. The topological polar surface area (TPSA) is 90.1 Å². The molecule has 3 heterocycles. The summed E-state index contributed by atoms with van der Waals surface area (Å²) in [5.74, 6) is -0.0540. The molecule has 0 saturated carbocycles. The standard InChI is InChI=1S/C10H8N4O3/c1-5-8-7(10(15)16)13-4-14(8)9-6(17-5)2-11-3-12-9/h2-5H,1H3,(H,15,16). The number of carboxylic acids is 1. The van der Waals surface area contributed by atoms with Crippen LogP contribution in [0.25, 0.3) is 5.82 Å². The van der Waals surface area contributed by atoms with E-state index in [1.807, 2.05) is 0 Å². The van der Waals surface area contributed by atoms with Crippen molar-refractivity contribution in [3.63, 3.8) is 0 Å². The molecule has 0 aromatic carbocycles. The molecule has 3 rings (SSSR count). The Balaban J connectivity index is 2.27. The van der Waals surface area contributed by atoms with Crippen molar-refractivity contribution in [2.24, 2.45) is 0 Å². The van der Waals surface area contributed by atoms with Crippen LogP contribution in [-0.4, -0.2) is 30.6 Å². The second-order valence-electron chi connectivity index (χ2n) is 3.62. The number of hydrogen-bond donors (Lipinski definition) is 1. The van der Waals surface area contributed by atoms with Crippen molar-refractivity contribution in [2.45, 2.75) is 13.0 Å². The molecule has 1 aliphatic rings. The van der Waals surface area contributed by atoms with Crippen molar-refractivity contribution in [1.82, 2.24) is 19.5 Å². The molecule has 0 radical (unpaired) electrons. The fraction of sp³-hybridized carbons (Fsp3) is 0.200. The van der Waals surface area contributed by atoms with E-state index in [4.69, 9.17) is 9.84 Å². The van der Waals surface area contributed by atoms with Crippen LogP contribution in [0.5, 0.6) is 5.75 Å². The van der Waals surface area contributed by atoms with Crippen LogP contribution in [0.4, 0.5) is 0 Å². The van der Waals surface area contributed by atoms with Gasteiger partial charge in [-0.1, -0.05) is 0 Å². The monoisotopic (exact) mass is 232 g/mol. The number of rotatable bonds is 1. The molecule has 2 aromatic heterocycles. The van der Waals surface area contributed by atoms with Crippen LogP contribution < -0.4 is 4.74 Å². The van der Waals surface area contributed by atoms with Gasteiger partial charge in [0.25, 0.3) is 0 Å². The van der Waals surface area contributed by atoms with Crippen molar-refractivity contribution in [3.8, 4) is 11.6 Å². The highest BCUT2D eigenvalue weighted by Crippen LogP contribution is 2.34. The first-order valence-electron chi connectivity index (χ1n) is 4.96. The minimum absolute atomic E-state index is 0.0123. The van der Waals surface area contributed by atoms with Crippen LogP contribution in [-0.2, 0) is 0 Å². The lowest BCUT2D eigenvalue weighted by molar-refractivity contribution is 0.0684. The lowest BCUT2D eigenvalue weighted by atomic mass is 10.2. The van der Waals surface area contributed by atoms with Crippen LogP contribution >= 0.6 is 0 Å². The normalized spacial score (nSPS) is 16.9. The Morgan fingerprint density at radius 1 is 1.53 bits per heavy atom. The molecule has 17 heavy (non-hydrogen) atoms. The predicted molar refractivity (Wildman–Crippen MR) is 55.2 cm³/mol. The zero-order valence-electron chi connectivity index (χ0n) is 8.86. The maximum absolute atomic E-state index is 11.0. The lowest BCUT2D eigenvalue weighted by Crippen LogP contribution is -2.20. The molecule has 2 aromatic rings. The highest BCUT2D eigenvalue weighted by molar-refractivity contribution is 5.87. The van der Waals surface area contributed by atoms with E-state index in [1.165, 1.54) is 12.7 Å². The van der Waals surface area contributed by atoms with Gasteiger partial charge in [0, 0.05) is 0 Å². The Labute approximate surface area is 95.7 Å². The number of carboxylic acid groups (broad SMARTS) is 1. The predicted octanol–water partition coefficient (Wildman–Crippen LogP) is 0.814. The summed E-state index contributed by atoms with van der Waals surface area (Å²) in [6, 6.07) is 0. The fourth-order valence-electron chi connectivity index (χ4n) is 1.90. The third-order valence-corrected chi connectivity index (χ3v) is 2.58. The molecule has 0 fully saturated rings. The first kappa shape index (κ1) is 9.76. The van der Waals surface area contributed by atoms with Crippen molar-refractivity contribution < 1.29 is 14.6 Å². The largest absolute Gasteiger partial charge is 0.479 e. The Hall–Kier alpha value is -2.44. The maximum Gasteiger partial charge on any atom is 0.356 e. The number of aromatic nitrogens is 4.